The topological polar surface area (TPSA) is 41.1 Å². The molecule has 1 saturated heterocycles. The Morgan fingerprint density at radius 3 is 2.71 bits per heavy atom. The first kappa shape index (κ1) is 12.9. The summed E-state index contributed by atoms with van der Waals surface area (Å²) >= 11 is 0. The van der Waals surface area contributed by atoms with Crippen molar-refractivity contribution in [1.82, 2.24) is 10.6 Å². The molecule has 2 aliphatic rings. The molecule has 17 heavy (non-hydrogen) atoms. The summed E-state index contributed by atoms with van der Waals surface area (Å²) in [5.74, 6) is 1.78. The quantitative estimate of drug-likeness (QED) is 0.696. The predicted octanol–water partition coefficient (Wildman–Crippen LogP) is 2.07. The van der Waals surface area contributed by atoms with Gasteiger partial charge in [-0.15, -0.1) is 0 Å². The van der Waals surface area contributed by atoms with Crippen molar-refractivity contribution in [3.05, 3.63) is 0 Å². The monoisotopic (exact) mass is 238 g/mol. The van der Waals surface area contributed by atoms with Gasteiger partial charge in [0, 0.05) is 13.0 Å². The van der Waals surface area contributed by atoms with Crippen LogP contribution in [0.3, 0.4) is 0 Å². The summed E-state index contributed by atoms with van der Waals surface area (Å²) in [7, 11) is 0. The third kappa shape index (κ3) is 4.66. The molecule has 3 nitrogen and oxygen atoms in total. The second-order valence-corrected chi connectivity index (χ2v) is 5.71. The zero-order chi connectivity index (χ0) is 11.9. The number of carbonyl (C=O) groups excluding carboxylic acids is 1. The Balaban J connectivity index is 1.47. The average Bonchev–Trinajstić information content (AvgIpc) is 2.96. The van der Waals surface area contributed by atoms with Crippen molar-refractivity contribution < 1.29 is 4.79 Å². The predicted molar refractivity (Wildman–Crippen MR) is 69.8 cm³/mol. The Morgan fingerprint density at radius 2 is 2.00 bits per heavy atom. The largest absolute Gasteiger partial charge is 0.356 e. The van der Waals surface area contributed by atoms with Crippen LogP contribution in [0.4, 0.5) is 0 Å². The molecule has 3 heteroatoms. The summed E-state index contributed by atoms with van der Waals surface area (Å²) in [5, 5.41) is 6.37. The molecule has 0 aromatic heterocycles. The smallest absolute Gasteiger partial charge is 0.220 e. The zero-order valence-corrected chi connectivity index (χ0v) is 10.8. The Kier molecular flexibility index (Phi) is 5.30. The van der Waals surface area contributed by atoms with Crippen LogP contribution >= 0.6 is 0 Å². The second kappa shape index (κ2) is 7.00. The molecule has 1 aliphatic carbocycles. The minimum absolute atomic E-state index is 0.255. The third-order valence-corrected chi connectivity index (χ3v) is 4.22. The summed E-state index contributed by atoms with van der Waals surface area (Å²) in [6.07, 6.45) is 10.0. The molecular weight excluding hydrogens is 212 g/mol. The molecule has 1 amide bonds. The lowest BCUT2D eigenvalue weighted by Gasteiger charge is -2.11. The summed E-state index contributed by atoms with van der Waals surface area (Å²) in [4.78, 5) is 11.7. The molecule has 1 unspecified atom stereocenters. The maximum absolute atomic E-state index is 11.7. The highest BCUT2D eigenvalue weighted by atomic mass is 16.1. The fraction of sp³-hybridized carbons (Fsp3) is 0.929. The number of nitrogens with one attached hydrogen (secondary N) is 2. The standard InChI is InChI=1S/C14H26N2O/c17-14(10-13-7-9-15-11-13)16-8-3-6-12-4-1-2-5-12/h12-13,15H,1-11H2,(H,16,17). The molecule has 1 aliphatic heterocycles. The van der Waals surface area contributed by atoms with E-state index in [4.69, 9.17) is 0 Å². The van der Waals surface area contributed by atoms with Gasteiger partial charge in [-0.25, -0.2) is 0 Å². The van der Waals surface area contributed by atoms with Gasteiger partial charge in [0.05, 0.1) is 0 Å². The van der Waals surface area contributed by atoms with Gasteiger partial charge in [-0.05, 0) is 44.2 Å². The van der Waals surface area contributed by atoms with Gasteiger partial charge in [-0.2, -0.15) is 0 Å². The maximum Gasteiger partial charge on any atom is 0.220 e. The summed E-state index contributed by atoms with van der Waals surface area (Å²) in [6.45, 7) is 2.99. The zero-order valence-electron chi connectivity index (χ0n) is 10.8. The van der Waals surface area contributed by atoms with Gasteiger partial charge in [0.25, 0.3) is 0 Å². The van der Waals surface area contributed by atoms with E-state index in [9.17, 15) is 4.79 Å². The molecule has 2 N–H and O–H groups in total. The maximum atomic E-state index is 11.7. The van der Waals surface area contributed by atoms with Crippen LogP contribution in [0.1, 0.15) is 51.4 Å². The fourth-order valence-electron chi connectivity index (χ4n) is 3.14. The summed E-state index contributed by atoms with van der Waals surface area (Å²) < 4.78 is 0. The SMILES string of the molecule is O=C(CC1CCNC1)NCCCC1CCCC1. The van der Waals surface area contributed by atoms with Crippen LogP contribution < -0.4 is 10.6 Å². The van der Waals surface area contributed by atoms with Crippen molar-refractivity contribution in [3.8, 4) is 0 Å². The van der Waals surface area contributed by atoms with Gasteiger partial charge >= 0.3 is 0 Å². The Bertz CT molecular complexity index is 230. The van der Waals surface area contributed by atoms with E-state index in [1.165, 1.54) is 38.5 Å². The molecule has 0 bridgehead atoms. The summed E-state index contributed by atoms with van der Waals surface area (Å²) in [6, 6.07) is 0. The minimum atomic E-state index is 0.255. The van der Waals surface area contributed by atoms with Crippen molar-refractivity contribution in [2.24, 2.45) is 11.8 Å². The molecule has 0 aromatic carbocycles. The third-order valence-electron chi connectivity index (χ3n) is 4.22. The molecule has 1 heterocycles. The first-order valence-electron chi connectivity index (χ1n) is 7.32. The van der Waals surface area contributed by atoms with Gasteiger partial charge in [0.15, 0.2) is 0 Å². The van der Waals surface area contributed by atoms with Crippen molar-refractivity contribution in [2.45, 2.75) is 51.4 Å². The highest BCUT2D eigenvalue weighted by Crippen LogP contribution is 2.28. The van der Waals surface area contributed by atoms with E-state index in [1.54, 1.807) is 0 Å². The molecule has 0 spiro atoms. The van der Waals surface area contributed by atoms with Crippen molar-refractivity contribution >= 4 is 5.91 Å². The van der Waals surface area contributed by atoms with Gasteiger partial charge in [0.2, 0.25) is 5.91 Å². The van der Waals surface area contributed by atoms with E-state index < -0.39 is 0 Å². The van der Waals surface area contributed by atoms with Crippen LogP contribution in [0.15, 0.2) is 0 Å². The lowest BCUT2D eigenvalue weighted by molar-refractivity contribution is -0.121. The number of hydrogen-bond donors (Lipinski definition) is 2. The van der Waals surface area contributed by atoms with Crippen LogP contribution in [0.5, 0.6) is 0 Å². The Morgan fingerprint density at radius 1 is 1.18 bits per heavy atom. The van der Waals surface area contributed by atoms with E-state index in [1.807, 2.05) is 0 Å². The number of carbonyl (C=O) groups is 1. The van der Waals surface area contributed by atoms with Crippen molar-refractivity contribution in [2.75, 3.05) is 19.6 Å². The average molecular weight is 238 g/mol. The molecule has 1 saturated carbocycles. The molecule has 2 rings (SSSR count). The molecule has 1 atom stereocenters. The highest BCUT2D eigenvalue weighted by molar-refractivity contribution is 5.76. The van der Waals surface area contributed by atoms with Crippen LogP contribution in [0.25, 0.3) is 0 Å². The Labute approximate surface area is 105 Å². The van der Waals surface area contributed by atoms with E-state index in [-0.39, 0.29) is 5.91 Å². The number of amides is 1. The van der Waals surface area contributed by atoms with Crippen LogP contribution in [-0.4, -0.2) is 25.5 Å². The molecular formula is C14H26N2O. The van der Waals surface area contributed by atoms with Crippen LogP contribution in [-0.2, 0) is 4.79 Å². The van der Waals surface area contributed by atoms with Crippen molar-refractivity contribution in [3.63, 3.8) is 0 Å². The van der Waals surface area contributed by atoms with Gasteiger partial charge in [-0.1, -0.05) is 25.7 Å². The molecule has 2 fully saturated rings. The molecule has 0 radical (unpaired) electrons. The minimum Gasteiger partial charge on any atom is -0.356 e. The number of hydrogen-bond acceptors (Lipinski definition) is 2. The van der Waals surface area contributed by atoms with Crippen molar-refractivity contribution in [1.29, 1.82) is 0 Å². The summed E-state index contributed by atoms with van der Waals surface area (Å²) in [5.41, 5.74) is 0. The molecule has 98 valence electrons. The lowest BCUT2D eigenvalue weighted by Crippen LogP contribution is -2.27. The van der Waals surface area contributed by atoms with Gasteiger partial charge in [0.1, 0.15) is 0 Å². The van der Waals surface area contributed by atoms with Crippen LogP contribution in [0, 0.1) is 11.8 Å². The van der Waals surface area contributed by atoms with E-state index >= 15 is 0 Å². The first-order chi connectivity index (χ1) is 8.34. The normalized spacial score (nSPS) is 25.3. The van der Waals surface area contributed by atoms with E-state index in [0.717, 1.165) is 38.4 Å². The number of rotatable bonds is 6. The lowest BCUT2D eigenvalue weighted by atomic mass is 10.0. The van der Waals surface area contributed by atoms with Crippen LogP contribution in [0.2, 0.25) is 0 Å². The second-order valence-electron chi connectivity index (χ2n) is 5.71. The van der Waals surface area contributed by atoms with E-state index in [0.29, 0.717) is 5.92 Å². The first-order valence-corrected chi connectivity index (χ1v) is 7.32. The van der Waals surface area contributed by atoms with Gasteiger partial charge < -0.3 is 10.6 Å². The molecule has 0 aromatic rings. The Hall–Kier alpha value is -0.570. The highest BCUT2D eigenvalue weighted by Gasteiger charge is 2.18. The fourth-order valence-corrected chi connectivity index (χ4v) is 3.14. The van der Waals surface area contributed by atoms with E-state index in [2.05, 4.69) is 10.6 Å². The van der Waals surface area contributed by atoms with Gasteiger partial charge in [-0.3, -0.25) is 4.79 Å².